The van der Waals surface area contributed by atoms with Gasteiger partial charge in [0.25, 0.3) is 5.69 Å². The third kappa shape index (κ3) is 5.16. The van der Waals surface area contributed by atoms with Crippen molar-refractivity contribution in [3.05, 3.63) is 75.3 Å². The molecule has 0 bridgehead atoms. The van der Waals surface area contributed by atoms with Crippen LogP contribution in [0, 0.1) is 17.0 Å². The van der Waals surface area contributed by atoms with E-state index < -0.39 is 11.0 Å². The van der Waals surface area contributed by atoms with E-state index in [9.17, 15) is 19.7 Å². The van der Waals surface area contributed by atoms with Crippen molar-refractivity contribution in [3.8, 4) is 0 Å². The Morgan fingerprint density at radius 1 is 1.18 bits per heavy atom. The van der Waals surface area contributed by atoms with Gasteiger partial charge in [-0.3, -0.25) is 19.7 Å². The van der Waals surface area contributed by atoms with Crippen LogP contribution in [0.4, 0.5) is 5.69 Å². The third-order valence-electron chi connectivity index (χ3n) is 4.60. The third-order valence-corrected chi connectivity index (χ3v) is 4.60. The van der Waals surface area contributed by atoms with Gasteiger partial charge in [0, 0.05) is 25.2 Å². The molecule has 2 aromatic carbocycles. The molecule has 0 fully saturated rings. The van der Waals surface area contributed by atoms with E-state index in [1.807, 2.05) is 38.1 Å². The SMILES string of the molecule is CCC(C(=O)NC)N(Cc1cccc(C)c1)C(=O)Cc1ccccc1[N+](=O)[O-]. The zero-order chi connectivity index (χ0) is 20.7. The number of carbonyl (C=O) groups is 2. The summed E-state index contributed by atoms with van der Waals surface area (Å²) in [4.78, 5) is 37.8. The van der Waals surface area contributed by atoms with E-state index in [2.05, 4.69) is 5.32 Å². The molecular formula is C21H25N3O4. The average Bonchev–Trinajstić information content (AvgIpc) is 2.67. The van der Waals surface area contributed by atoms with Crippen molar-refractivity contribution < 1.29 is 14.5 Å². The summed E-state index contributed by atoms with van der Waals surface area (Å²) in [6.45, 7) is 4.05. The van der Waals surface area contributed by atoms with Gasteiger partial charge in [-0.15, -0.1) is 0 Å². The highest BCUT2D eigenvalue weighted by molar-refractivity contribution is 5.88. The largest absolute Gasteiger partial charge is 0.357 e. The number of hydrogen-bond acceptors (Lipinski definition) is 4. The maximum absolute atomic E-state index is 13.1. The molecule has 1 unspecified atom stereocenters. The minimum Gasteiger partial charge on any atom is -0.357 e. The molecule has 148 valence electrons. The van der Waals surface area contributed by atoms with Crippen molar-refractivity contribution in [1.29, 1.82) is 0 Å². The number of nitrogens with zero attached hydrogens (tertiary/aromatic N) is 2. The molecule has 2 amide bonds. The summed E-state index contributed by atoms with van der Waals surface area (Å²) >= 11 is 0. The van der Waals surface area contributed by atoms with Gasteiger partial charge in [-0.1, -0.05) is 55.0 Å². The number of amides is 2. The number of hydrogen-bond donors (Lipinski definition) is 1. The van der Waals surface area contributed by atoms with Crippen molar-refractivity contribution in [2.45, 2.75) is 39.3 Å². The number of para-hydroxylation sites is 1. The zero-order valence-corrected chi connectivity index (χ0v) is 16.3. The fourth-order valence-corrected chi connectivity index (χ4v) is 3.20. The Kier molecular flexibility index (Phi) is 7.26. The molecule has 7 heteroatoms. The molecular weight excluding hydrogens is 358 g/mol. The van der Waals surface area contributed by atoms with Gasteiger partial charge in [-0.25, -0.2) is 0 Å². The number of nitro benzene ring substituents is 1. The second kappa shape index (κ2) is 9.64. The van der Waals surface area contributed by atoms with Crippen molar-refractivity contribution in [2.75, 3.05) is 7.05 Å². The molecule has 28 heavy (non-hydrogen) atoms. The van der Waals surface area contributed by atoms with Crippen LogP contribution in [0.2, 0.25) is 0 Å². The molecule has 0 aliphatic heterocycles. The topological polar surface area (TPSA) is 92.6 Å². The maximum Gasteiger partial charge on any atom is 0.273 e. The van der Waals surface area contributed by atoms with Crippen LogP contribution in [0.5, 0.6) is 0 Å². The van der Waals surface area contributed by atoms with E-state index in [1.54, 1.807) is 18.2 Å². The van der Waals surface area contributed by atoms with E-state index in [-0.39, 0.29) is 30.5 Å². The Morgan fingerprint density at radius 2 is 1.89 bits per heavy atom. The second-order valence-corrected chi connectivity index (χ2v) is 6.61. The molecule has 1 atom stereocenters. The minimum atomic E-state index is -0.652. The van der Waals surface area contributed by atoms with Crippen molar-refractivity contribution in [2.24, 2.45) is 0 Å². The quantitative estimate of drug-likeness (QED) is 0.560. The van der Waals surface area contributed by atoms with Crippen LogP contribution in [0.25, 0.3) is 0 Å². The molecule has 0 aliphatic carbocycles. The van der Waals surface area contributed by atoms with E-state index in [1.165, 1.54) is 18.0 Å². The molecule has 0 aliphatic rings. The van der Waals surface area contributed by atoms with Crippen LogP contribution >= 0.6 is 0 Å². The lowest BCUT2D eigenvalue weighted by Crippen LogP contribution is -2.48. The second-order valence-electron chi connectivity index (χ2n) is 6.61. The van der Waals surface area contributed by atoms with Crippen molar-refractivity contribution in [3.63, 3.8) is 0 Å². The summed E-state index contributed by atoms with van der Waals surface area (Å²) in [6, 6.07) is 13.2. The van der Waals surface area contributed by atoms with Gasteiger partial charge >= 0.3 is 0 Å². The Morgan fingerprint density at radius 3 is 2.50 bits per heavy atom. The predicted molar refractivity (Wildman–Crippen MR) is 107 cm³/mol. The first kappa shape index (κ1) is 21.1. The Labute approximate surface area is 164 Å². The first-order chi connectivity index (χ1) is 13.4. The zero-order valence-electron chi connectivity index (χ0n) is 16.3. The van der Waals surface area contributed by atoms with Crippen LogP contribution in [-0.4, -0.2) is 34.7 Å². The summed E-state index contributed by atoms with van der Waals surface area (Å²) in [5.41, 5.74) is 2.19. The molecule has 0 aromatic heterocycles. The summed E-state index contributed by atoms with van der Waals surface area (Å²) in [5.74, 6) is -0.586. The Balaban J connectivity index is 2.36. The number of benzene rings is 2. The molecule has 2 rings (SSSR count). The van der Waals surface area contributed by atoms with Crippen molar-refractivity contribution in [1.82, 2.24) is 10.2 Å². The van der Waals surface area contributed by atoms with Gasteiger partial charge in [0.1, 0.15) is 6.04 Å². The van der Waals surface area contributed by atoms with Gasteiger partial charge in [-0.2, -0.15) is 0 Å². The highest BCUT2D eigenvalue weighted by Gasteiger charge is 2.29. The lowest BCUT2D eigenvalue weighted by atomic mass is 10.0. The lowest BCUT2D eigenvalue weighted by molar-refractivity contribution is -0.385. The van der Waals surface area contributed by atoms with Crippen molar-refractivity contribution >= 4 is 17.5 Å². The Hall–Kier alpha value is -3.22. The number of likely N-dealkylation sites (N-methyl/N-ethyl adjacent to an activating group) is 1. The summed E-state index contributed by atoms with van der Waals surface area (Å²) < 4.78 is 0. The maximum atomic E-state index is 13.1. The van der Waals surface area contributed by atoms with E-state index >= 15 is 0 Å². The summed E-state index contributed by atoms with van der Waals surface area (Å²) in [6.07, 6.45) is 0.296. The molecule has 0 heterocycles. The minimum absolute atomic E-state index is 0.0978. The average molecular weight is 383 g/mol. The number of nitrogens with one attached hydrogen (secondary N) is 1. The highest BCUT2D eigenvalue weighted by Crippen LogP contribution is 2.21. The highest BCUT2D eigenvalue weighted by atomic mass is 16.6. The van der Waals surface area contributed by atoms with Gasteiger partial charge in [0.05, 0.1) is 11.3 Å². The van der Waals surface area contributed by atoms with Crippen LogP contribution in [0.15, 0.2) is 48.5 Å². The van der Waals surface area contributed by atoms with E-state index in [4.69, 9.17) is 0 Å². The number of rotatable bonds is 8. The smallest absolute Gasteiger partial charge is 0.273 e. The Bertz CT molecular complexity index is 866. The standard InChI is InChI=1S/C21H25N3O4/c1-4-18(21(26)22-3)23(14-16-9-7-8-15(2)12-16)20(25)13-17-10-5-6-11-19(17)24(27)28/h5-12,18H,4,13-14H2,1-3H3,(H,22,26). The molecule has 1 N–H and O–H groups in total. The number of nitro groups is 1. The first-order valence-electron chi connectivity index (χ1n) is 9.16. The van der Waals surface area contributed by atoms with Crippen LogP contribution in [-0.2, 0) is 22.6 Å². The van der Waals surface area contributed by atoms with E-state index in [0.717, 1.165) is 11.1 Å². The van der Waals surface area contributed by atoms with Gasteiger partial charge < -0.3 is 10.2 Å². The monoisotopic (exact) mass is 383 g/mol. The summed E-state index contributed by atoms with van der Waals surface area (Å²) in [7, 11) is 1.53. The van der Waals surface area contributed by atoms with Crippen LogP contribution in [0.3, 0.4) is 0 Å². The molecule has 0 saturated heterocycles. The molecule has 0 spiro atoms. The predicted octanol–water partition coefficient (Wildman–Crippen LogP) is 3.00. The molecule has 0 saturated carbocycles. The normalized spacial score (nSPS) is 11.5. The lowest BCUT2D eigenvalue weighted by Gasteiger charge is -2.30. The molecule has 7 nitrogen and oxygen atoms in total. The van der Waals surface area contributed by atoms with Gasteiger partial charge in [0.15, 0.2) is 0 Å². The first-order valence-corrected chi connectivity index (χ1v) is 9.16. The molecule has 2 aromatic rings. The number of carbonyl (C=O) groups excluding carboxylic acids is 2. The van der Waals surface area contributed by atoms with Gasteiger partial charge in [-0.05, 0) is 18.9 Å². The summed E-state index contributed by atoms with van der Waals surface area (Å²) in [5, 5.41) is 13.9. The fraction of sp³-hybridized carbons (Fsp3) is 0.333. The van der Waals surface area contributed by atoms with Crippen LogP contribution in [0.1, 0.15) is 30.0 Å². The number of aryl methyl sites for hydroxylation is 1. The van der Waals surface area contributed by atoms with E-state index in [0.29, 0.717) is 12.0 Å². The van der Waals surface area contributed by atoms with Gasteiger partial charge in [0.2, 0.25) is 11.8 Å². The fourth-order valence-electron chi connectivity index (χ4n) is 3.20. The molecule has 0 radical (unpaired) electrons. The van der Waals surface area contributed by atoms with Crippen LogP contribution < -0.4 is 5.32 Å².